The van der Waals surface area contributed by atoms with Crippen molar-refractivity contribution in [3.8, 4) is 0 Å². The van der Waals surface area contributed by atoms with Crippen LogP contribution in [0.2, 0.25) is 0 Å². The number of hydrogen-bond donors (Lipinski definition) is 1. The molecule has 1 aromatic rings. The normalized spacial score (nSPS) is 20.4. The summed E-state index contributed by atoms with van der Waals surface area (Å²) in [5.41, 5.74) is 2.03. The van der Waals surface area contributed by atoms with Gasteiger partial charge in [0.15, 0.2) is 5.78 Å². The zero-order valence-electron chi connectivity index (χ0n) is 12.0. The summed E-state index contributed by atoms with van der Waals surface area (Å²) in [5, 5.41) is 3.24. The minimum Gasteiger partial charge on any atom is -0.319 e. The summed E-state index contributed by atoms with van der Waals surface area (Å²) in [6.45, 7) is 5.75. The van der Waals surface area contributed by atoms with E-state index in [-0.39, 0.29) is 5.78 Å². The number of hydrogen-bond acceptors (Lipinski definition) is 3. The predicted molar refractivity (Wildman–Crippen MR) is 78.6 cm³/mol. The summed E-state index contributed by atoms with van der Waals surface area (Å²) in [7, 11) is 2.00. The number of carbonyl (C=O) groups is 1. The first-order valence-electron chi connectivity index (χ1n) is 7.16. The Morgan fingerprint density at radius 1 is 1.37 bits per heavy atom. The van der Waals surface area contributed by atoms with E-state index >= 15 is 0 Å². The van der Waals surface area contributed by atoms with Crippen molar-refractivity contribution in [3.63, 3.8) is 0 Å². The summed E-state index contributed by atoms with van der Waals surface area (Å²) in [4.78, 5) is 14.5. The molecule has 0 aliphatic carbocycles. The van der Waals surface area contributed by atoms with Gasteiger partial charge in [-0.2, -0.15) is 0 Å². The zero-order valence-corrected chi connectivity index (χ0v) is 12.0. The van der Waals surface area contributed by atoms with Crippen LogP contribution in [0.5, 0.6) is 0 Å². The van der Waals surface area contributed by atoms with E-state index in [0.717, 1.165) is 25.2 Å². The van der Waals surface area contributed by atoms with Crippen molar-refractivity contribution in [2.45, 2.75) is 19.8 Å². The van der Waals surface area contributed by atoms with E-state index in [1.807, 2.05) is 38.2 Å². The Bertz CT molecular complexity index is 411. The first-order valence-corrected chi connectivity index (χ1v) is 7.16. The lowest BCUT2D eigenvalue weighted by atomic mass is 9.97. The van der Waals surface area contributed by atoms with Crippen LogP contribution < -0.4 is 5.32 Å². The molecule has 0 bridgehead atoms. The third kappa shape index (κ3) is 4.15. The lowest BCUT2D eigenvalue weighted by molar-refractivity contribution is 0.0886. The SMILES string of the molecule is CNCC1CCCN(CC(=O)c2ccc(C)cc2)C1. The molecule has 1 N–H and O–H groups in total. The molecule has 1 aliphatic rings. The third-order valence-electron chi connectivity index (χ3n) is 3.84. The molecule has 1 saturated heterocycles. The largest absolute Gasteiger partial charge is 0.319 e. The number of aryl methyl sites for hydroxylation is 1. The van der Waals surface area contributed by atoms with Gasteiger partial charge >= 0.3 is 0 Å². The zero-order chi connectivity index (χ0) is 13.7. The van der Waals surface area contributed by atoms with Gasteiger partial charge in [-0.3, -0.25) is 9.69 Å². The Morgan fingerprint density at radius 2 is 2.11 bits per heavy atom. The lowest BCUT2D eigenvalue weighted by Crippen LogP contribution is -2.41. The topological polar surface area (TPSA) is 32.3 Å². The Morgan fingerprint density at radius 3 is 2.79 bits per heavy atom. The first-order chi connectivity index (χ1) is 9.19. The average molecular weight is 260 g/mol. The summed E-state index contributed by atoms with van der Waals surface area (Å²) in [5.74, 6) is 0.926. The molecule has 1 unspecified atom stereocenters. The van der Waals surface area contributed by atoms with E-state index in [0.29, 0.717) is 12.5 Å². The van der Waals surface area contributed by atoms with Crippen LogP contribution >= 0.6 is 0 Å². The molecule has 1 heterocycles. The second-order valence-corrected chi connectivity index (χ2v) is 5.59. The second-order valence-electron chi connectivity index (χ2n) is 5.59. The van der Waals surface area contributed by atoms with Gasteiger partial charge in [-0.05, 0) is 45.8 Å². The van der Waals surface area contributed by atoms with E-state index in [9.17, 15) is 4.79 Å². The van der Waals surface area contributed by atoms with Gasteiger partial charge in [0.05, 0.1) is 6.54 Å². The van der Waals surface area contributed by atoms with E-state index in [4.69, 9.17) is 0 Å². The highest BCUT2D eigenvalue weighted by molar-refractivity contribution is 5.97. The maximum Gasteiger partial charge on any atom is 0.176 e. The van der Waals surface area contributed by atoms with Crippen LogP contribution in [0.25, 0.3) is 0 Å². The van der Waals surface area contributed by atoms with Gasteiger partial charge in [-0.25, -0.2) is 0 Å². The van der Waals surface area contributed by atoms with Gasteiger partial charge in [0.25, 0.3) is 0 Å². The summed E-state index contributed by atoms with van der Waals surface area (Å²) in [6.07, 6.45) is 2.48. The van der Waals surface area contributed by atoms with E-state index in [1.165, 1.54) is 18.4 Å². The van der Waals surface area contributed by atoms with Gasteiger partial charge in [0.1, 0.15) is 0 Å². The Kier molecular flexibility index (Phi) is 5.11. The molecule has 1 fully saturated rings. The molecule has 3 heteroatoms. The maximum atomic E-state index is 12.2. The van der Waals surface area contributed by atoms with E-state index < -0.39 is 0 Å². The number of likely N-dealkylation sites (tertiary alicyclic amines) is 1. The van der Waals surface area contributed by atoms with Crippen molar-refractivity contribution < 1.29 is 4.79 Å². The van der Waals surface area contributed by atoms with Crippen LogP contribution in [-0.2, 0) is 0 Å². The molecule has 3 nitrogen and oxygen atoms in total. The molecule has 0 amide bonds. The molecule has 0 spiro atoms. The summed E-state index contributed by atoms with van der Waals surface area (Å²) in [6, 6.07) is 7.89. The molecule has 1 aliphatic heterocycles. The van der Waals surface area contributed by atoms with Crippen molar-refractivity contribution >= 4 is 5.78 Å². The highest BCUT2D eigenvalue weighted by atomic mass is 16.1. The van der Waals surface area contributed by atoms with Gasteiger partial charge in [0.2, 0.25) is 0 Å². The van der Waals surface area contributed by atoms with E-state index in [2.05, 4.69) is 10.2 Å². The van der Waals surface area contributed by atoms with Crippen LogP contribution in [0, 0.1) is 12.8 Å². The minimum absolute atomic E-state index is 0.241. The quantitative estimate of drug-likeness (QED) is 0.823. The Hall–Kier alpha value is -1.19. The highest BCUT2D eigenvalue weighted by Crippen LogP contribution is 2.16. The third-order valence-corrected chi connectivity index (χ3v) is 3.84. The van der Waals surface area contributed by atoms with E-state index in [1.54, 1.807) is 0 Å². The van der Waals surface area contributed by atoms with Gasteiger partial charge in [0, 0.05) is 12.1 Å². The summed E-state index contributed by atoms with van der Waals surface area (Å²) < 4.78 is 0. The van der Waals surface area contributed by atoms with Crippen LogP contribution in [0.15, 0.2) is 24.3 Å². The molecular weight excluding hydrogens is 236 g/mol. The number of rotatable bonds is 5. The summed E-state index contributed by atoms with van der Waals surface area (Å²) >= 11 is 0. The fourth-order valence-corrected chi connectivity index (χ4v) is 2.78. The average Bonchev–Trinajstić information content (AvgIpc) is 2.40. The molecule has 0 aromatic heterocycles. The van der Waals surface area contributed by atoms with Crippen LogP contribution in [0.4, 0.5) is 0 Å². The van der Waals surface area contributed by atoms with Crippen molar-refractivity contribution in [3.05, 3.63) is 35.4 Å². The van der Waals surface area contributed by atoms with Crippen molar-refractivity contribution in [1.82, 2.24) is 10.2 Å². The number of ketones is 1. The molecule has 2 rings (SSSR count). The molecule has 1 aromatic carbocycles. The number of piperidine rings is 1. The van der Waals surface area contributed by atoms with Gasteiger partial charge in [-0.1, -0.05) is 29.8 Å². The molecule has 0 radical (unpaired) electrons. The monoisotopic (exact) mass is 260 g/mol. The molecule has 19 heavy (non-hydrogen) atoms. The van der Waals surface area contributed by atoms with Gasteiger partial charge in [-0.15, -0.1) is 0 Å². The highest BCUT2D eigenvalue weighted by Gasteiger charge is 2.21. The minimum atomic E-state index is 0.241. The van der Waals surface area contributed by atoms with Crippen molar-refractivity contribution in [2.24, 2.45) is 5.92 Å². The number of Topliss-reactive ketones (excluding diaryl/α,β-unsaturated/α-hetero) is 1. The van der Waals surface area contributed by atoms with Crippen LogP contribution in [-0.4, -0.2) is 43.9 Å². The second kappa shape index (κ2) is 6.83. The van der Waals surface area contributed by atoms with Crippen LogP contribution in [0.3, 0.4) is 0 Å². The fourth-order valence-electron chi connectivity index (χ4n) is 2.78. The molecule has 104 valence electrons. The number of carbonyl (C=O) groups excluding carboxylic acids is 1. The Labute approximate surface area is 116 Å². The fraction of sp³-hybridized carbons (Fsp3) is 0.562. The standard InChI is InChI=1S/C16H24N2O/c1-13-5-7-15(8-6-13)16(19)12-18-9-3-4-14(11-18)10-17-2/h5-8,14,17H,3-4,9-12H2,1-2H3. The Balaban J connectivity index is 1.89. The number of benzene rings is 1. The lowest BCUT2D eigenvalue weighted by Gasteiger charge is -2.32. The van der Waals surface area contributed by atoms with Gasteiger partial charge < -0.3 is 5.32 Å². The van der Waals surface area contributed by atoms with Crippen molar-refractivity contribution in [1.29, 1.82) is 0 Å². The maximum absolute atomic E-state index is 12.2. The molecule has 1 atom stereocenters. The predicted octanol–water partition coefficient (Wildman–Crippen LogP) is 2.11. The molecule has 0 saturated carbocycles. The number of nitrogens with zero attached hydrogens (tertiary/aromatic N) is 1. The molecular formula is C16H24N2O. The number of nitrogens with one attached hydrogen (secondary N) is 1. The van der Waals surface area contributed by atoms with Crippen LogP contribution in [0.1, 0.15) is 28.8 Å². The first kappa shape index (κ1) is 14.2. The smallest absolute Gasteiger partial charge is 0.176 e. The van der Waals surface area contributed by atoms with Crippen molar-refractivity contribution in [2.75, 3.05) is 33.2 Å².